The highest BCUT2D eigenvalue weighted by Gasteiger charge is 2.36. The molecule has 0 radical (unpaired) electrons. The summed E-state index contributed by atoms with van der Waals surface area (Å²) in [6, 6.07) is 67.3. The SMILES string of the molecule is C1=CCC2C(=C1)N(c1ccc(-c3cc(N(c4ccccc4)c4ccccc4)cc(N(c4ccccc4)c4ccccc4)c3)nc1)c1cc3sc4ccccc4c3cc12. The van der Waals surface area contributed by atoms with E-state index in [0.29, 0.717) is 5.92 Å². The van der Waals surface area contributed by atoms with Gasteiger partial charge in [0, 0.05) is 71.5 Å². The monoisotopic (exact) mass is 762 g/mol. The first-order chi connectivity index (χ1) is 28.8. The second-order valence-electron chi connectivity index (χ2n) is 14.8. The van der Waals surface area contributed by atoms with Crippen LogP contribution in [-0.4, -0.2) is 4.98 Å². The average molecular weight is 763 g/mol. The highest BCUT2D eigenvalue weighted by molar-refractivity contribution is 7.25. The van der Waals surface area contributed by atoms with E-state index in [1.54, 1.807) is 0 Å². The van der Waals surface area contributed by atoms with E-state index >= 15 is 0 Å². The van der Waals surface area contributed by atoms with Crippen LogP contribution < -0.4 is 14.7 Å². The predicted octanol–water partition coefficient (Wildman–Crippen LogP) is 15.1. The second-order valence-corrected chi connectivity index (χ2v) is 15.9. The van der Waals surface area contributed by atoms with Gasteiger partial charge < -0.3 is 14.7 Å². The van der Waals surface area contributed by atoms with Gasteiger partial charge in [-0.25, -0.2) is 0 Å². The van der Waals surface area contributed by atoms with Crippen molar-refractivity contribution in [2.45, 2.75) is 12.3 Å². The molecule has 11 rings (SSSR count). The van der Waals surface area contributed by atoms with E-state index in [9.17, 15) is 0 Å². The van der Waals surface area contributed by atoms with Gasteiger partial charge in [-0.3, -0.25) is 4.98 Å². The molecule has 1 unspecified atom stereocenters. The molecule has 0 amide bonds. The number of benzene rings is 7. The largest absolute Gasteiger partial charge is 0.312 e. The van der Waals surface area contributed by atoms with Crippen molar-refractivity contribution >= 4 is 77.0 Å². The lowest BCUT2D eigenvalue weighted by Crippen LogP contribution is -2.15. The third kappa shape index (κ3) is 5.96. The number of para-hydroxylation sites is 4. The lowest BCUT2D eigenvalue weighted by molar-refractivity contribution is 0.820. The van der Waals surface area contributed by atoms with Crippen LogP contribution in [0.3, 0.4) is 0 Å². The first-order valence-electron chi connectivity index (χ1n) is 19.8. The smallest absolute Gasteiger partial charge is 0.0705 e. The Bertz CT molecular complexity index is 2800. The lowest BCUT2D eigenvalue weighted by Gasteiger charge is -2.30. The number of nitrogens with zero attached hydrogens (tertiary/aromatic N) is 4. The Morgan fingerprint density at radius 1 is 0.517 bits per heavy atom. The van der Waals surface area contributed by atoms with Gasteiger partial charge in [-0.1, -0.05) is 103 Å². The molecule has 9 aromatic rings. The van der Waals surface area contributed by atoms with E-state index in [4.69, 9.17) is 4.98 Å². The molecule has 0 fully saturated rings. The minimum atomic E-state index is 0.311. The van der Waals surface area contributed by atoms with Gasteiger partial charge in [0.25, 0.3) is 0 Å². The first kappa shape index (κ1) is 34.1. The molecule has 7 aromatic carbocycles. The Hall–Kier alpha value is -7.21. The molecule has 0 bridgehead atoms. The highest BCUT2D eigenvalue weighted by Crippen LogP contribution is 2.53. The van der Waals surface area contributed by atoms with Crippen LogP contribution in [0.15, 0.2) is 218 Å². The molecule has 1 aliphatic carbocycles. The Morgan fingerprint density at radius 3 is 1.66 bits per heavy atom. The van der Waals surface area contributed by atoms with Gasteiger partial charge >= 0.3 is 0 Å². The van der Waals surface area contributed by atoms with Gasteiger partial charge in [0.05, 0.1) is 23.3 Å². The maximum absolute atomic E-state index is 5.27. The van der Waals surface area contributed by atoms with Gasteiger partial charge in [-0.2, -0.15) is 0 Å². The molecule has 5 heteroatoms. The van der Waals surface area contributed by atoms with Crippen molar-refractivity contribution in [3.8, 4) is 11.3 Å². The maximum atomic E-state index is 5.27. The van der Waals surface area contributed by atoms with Crippen LogP contribution in [0.25, 0.3) is 31.4 Å². The standard InChI is InChI=1S/C53H38N4S/c1-5-17-38(18-6-1)55(39-19-7-2-8-20-39)43-31-37(32-44(33-43)56(40-21-9-3-10-22-40)41-23-11-4-12-24-41)49-30-29-42(36-54-49)57-50-27-15-13-25-45(50)47-34-48-46-26-14-16-28-52(46)58-53(48)35-51(47)57/h1-24,26-36,45H,25H2. The zero-order valence-electron chi connectivity index (χ0n) is 31.7. The molecule has 1 atom stereocenters. The average Bonchev–Trinajstić information content (AvgIpc) is 3.82. The molecule has 0 spiro atoms. The number of pyridine rings is 1. The summed E-state index contributed by atoms with van der Waals surface area (Å²) < 4.78 is 2.64. The summed E-state index contributed by atoms with van der Waals surface area (Å²) in [5.74, 6) is 0.311. The van der Waals surface area contributed by atoms with Crippen molar-refractivity contribution in [3.05, 3.63) is 224 Å². The Labute approximate surface area is 342 Å². The Balaban J connectivity index is 1.07. The van der Waals surface area contributed by atoms with Crippen molar-refractivity contribution in [3.63, 3.8) is 0 Å². The topological polar surface area (TPSA) is 22.6 Å². The quantitative estimate of drug-likeness (QED) is 0.154. The fourth-order valence-electron chi connectivity index (χ4n) is 8.71. The van der Waals surface area contributed by atoms with Crippen molar-refractivity contribution in [1.82, 2.24) is 4.98 Å². The van der Waals surface area contributed by atoms with Crippen LogP contribution in [-0.2, 0) is 0 Å². The van der Waals surface area contributed by atoms with E-state index in [1.165, 1.54) is 37.1 Å². The number of aromatic nitrogens is 1. The summed E-state index contributed by atoms with van der Waals surface area (Å²) in [5.41, 5.74) is 13.3. The fourth-order valence-corrected chi connectivity index (χ4v) is 9.83. The van der Waals surface area contributed by atoms with Crippen molar-refractivity contribution < 1.29 is 0 Å². The number of thiophene rings is 1. The number of hydrogen-bond donors (Lipinski definition) is 0. The van der Waals surface area contributed by atoms with Crippen molar-refractivity contribution in [2.75, 3.05) is 14.7 Å². The summed E-state index contributed by atoms with van der Waals surface area (Å²) in [5, 5.41) is 2.68. The first-order valence-corrected chi connectivity index (χ1v) is 20.6. The fraction of sp³-hybridized carbons (Fsp3) is 0.0377. The van der Waals surface area contributed by atoms with Gasteiger partial charge in [0.15, 0.2) is 0 Å². The minimum Gasteiger partial charge on any atom is -0.312 e. The number of hydrogen-bond acceptors (Lipinski definition) is 5. The molecule has 0 saturated heterocycles. The molecule has 0 saturated carbocycles. The number of fused-ring (bicyclic) bond motifs is 6. The van der Waals surface area contributed by atoms with Crippen LogP contribution >= 0.6 is 11.3 Å². The molecule has 0 N–H and O–H groups in total. The van der Waals surface area contributed by atoms with Crippen LogP contribution in [0.1, 0.15) is 17.9 Å². The maximum Gasteiger partial charge on any atom is 0.0705 e. The Morgan fingerprint density at radius 2 is 1.09 bits per heavy atom. The predicted molar refractivity (Wildman–Crippen MR) is 245 cm³/mol. The number of allylic oxidation sites excluding steroid dienone is 4. The summed E-state index contributed by atoms with van der Waals surface area (Å²) >= 11 is 1.87. The van der Waals surface area contributed by atoms with Gasteiger partial charge in [-0.15, -0.1) is 11.3 Å². The molecular weight excluding hydrogens is 725 g/mol. The molecule has 3 heterocycles. The van der Waals surface area contributed by atoms with Gasteiger partial charge in [-0.05, 0) is 115 Å². The van der Waals surface area contributed by atoms with Gasteiger partial charge in [0.2, 0.25) is 0 Å². The molecule has 276 valence electrons. The van der Waals surface area contributed by atoms with E-state index < -0.39 is 0 Å². The molecule has 4 nitrogen and oxygen atoms in total. The summed E-state index contributed by atoms with van der Waals surface area (Å²) in [4.78, 5) is 12.4. The summed E-state index contributed by atoms with van der Waals surface area (Å²) in [7, 11) is 0. The van der Waals surface area contributed by atoms with Crippen LogP contribution in [0, 0.1) is 0 Å². The van der Waals surface area contributed by atoms with E-state index in [0.717, 1.165) is 57.5 Å². The molecule has 1 aliphatic heterocycles. The molecule has 2 aliphatic rings. The minimum absolute atomic E-state index is 0.311. The normalized spacial score (nSPS) is 14.3. The molecular formula is C53H38N4S. The lowest BCUT2D eigenvalue weighted by atomic mass is 9.91. The molecule has 58 heavy (non-hydrogen) atoms. The van der Waals surface area contributed by atoms with Crippen LogP contribution in [0.4, 0.5) is 45.5 Å². The second kappa shape index (κ2) is 14.4. The summed E-state index contributed by atoms with van der Waals surface area (Å²) in [6.07, 6.45) is 9.83. The van der Waals surface area contributed by atoms with Crippen molar-refractivity contribution in [1.29, 1.82) is 0 Å². The van der Waals surface area contributed by atoms with Gasteiger partial charge in [0.1, 0.15) is 0 Å². The highest BCUT2D eigenvalue weighted by atomic mass is 32.1. The third-order valence-electron chi connectivity index (χ3n) is 11.3. The zero-order chi connectivity index (χ0) is 38.4. The number of anilines is 8. The Kier molecular flexibility index (Phi) is 8.45. The molecule has 2 aromatic heterocycles. The number of rotatable bonds is 8. The van der Waals surface area contributed by atoms with Crippen molar-refractivity contribution in [2.24, 2.45) is 0 Å². The third-order valence-corrected chi connectivity index (χ3v) is 12.4. The van der Waals surface area contributed by atoms with E-state index in [2.05, 4.69) is 227 Å². The summed E-state index contributed by atoms with van der Waals surface area (Å²) in [6.45, 7) is 0. The van der Waals surface area contributed by atoms with E-state index in [-0.39, 0.29) is 0 Å². The van der Waals surface area contributed by atoms with Crippen LogP contribution in [0.5, 0.6) is 0 Å². The van der Waals surface area contributed by atoms with E-state index in [1.807, 2.05) is 11.3 Å². The zero-order valence-corrected chi connectivity index (χ0v) is 32.5. The van der Waals surface area contributed by atoms with Crippen LogP contribution in [0.2, 0.25) is 0 Å².